The van der Waals surface area contributed by atoms with Crippen molar-refractivity contribution < 1.29 is 27.2 Å². The van der Waals surface area contributed by atoms with Gasteiger partial charge in [0.2, 0.25) is 10.0 Å². The average Bonchev–Trinajstić information content (AvgIpc) is 3.41. The number of aryl methyl sites for hydroxylation is 1. The van der Waals surface area contributed by atoms with Crippen molar-refractivity contribution in [2.24, 2.45) is 5.10 Å². The first-order valence-electron chi connectivity index (χ1n) is 12.4. The Morgan fingerprint density at radius 1 is 0.929 bits per heavy atom. The second kappa shape index (κ2) is 13.7. The van der Waals surface area contributed by atoms with Crippen LogP contribution in [-0.4, -0.2) is 37.9 Å². The van der Waals surface area contributed by atoms with Gasteiger partial charge < -0.3 is 14.5 Å². The molecule has 4 rings (SSSR count). The predicted molar refractivity (Wildman–Crippen MR) is 160 cm³/mol. The number of hydrogen-bond acceptors (Lipinski definition) is 7. The van der Waals surface area contributed by atoms with Gasteiger partial charge in [-0.15, -0.1) is 0 Å². The van der Waals surface area contributed by atoms with Crippen molar-refractivity contribution in [1.82, 2.24) is 9.73 Å². The van der Waals surface area contributed by atoms with Crippen molar-refractivity contribution in [2.45, 2.75) is 24.9 Å². The van der Waals surface area contributed by atoms with Gasteiger partial charge in [-0.05, 0) is 67.1 Å². The number of sulfonamides is 1. The molecule has 0 spiro atoms. The largest absolute Gasteiger partial charge is 0.495 e. The summed E-state index contributed by atoms with van der Waals surface area (Å²) in [7, 11) is -2.49. The third-order valence-electron chi connectivity index (χ3n) is 5.92. The molecular weight excluding hydrogens is 603 g/mol. The lowest BCUT2D eigenvalue weighted by molar-refractivity contribution is -0.136. The summed E-state index contributed by atoms with van der Waals surface area (Å²) in [6, 6.07) is 21.2. The van der Waals surface area contributed by atoms with Crippen LogP contribution in [0.15, 0.2) is 93.3 Å². The fourth-order valence-corrected chi connectivity index (χ4v) is 5.46. The second-order valence-corrected chi connectivity index (χ2v) is 11.8. The number of nitrogens with one attached hydrogen (secondary N) is 2. The quantitative estimate of drug-likeness (QED) is 0.138. The van der Waals surface area contributed by atoms with E-state index in [2.05, 4.69) is 15.8 Å². The number of ether oxygens (including phenoxy) is 1. The Bertz CT molecular complexity index is 1700. The zero-order chi connectivity index (χ0) is 30.3. The Labute approximate surface area is 252 Å². The van der Waals surface area contributed by atoms with Gasteiger partial charge in [0.1, 0.15) is 17.3 Å². The molecule has 0 saturated carbocycles. The van der Waals surface area contributed by atoms with Crippen LogP contribution in [0.4, 0.5) is 5.69 Å². The van der Waals surface area contributed by atoms with Crippen LogP contribution >= 0.6 is 23.2 Å². The molecule has 0 bridgehead atoms. The first-order chi connectivity index (χ1) is 20.0. The van der Waals surface area contributed by atoms with E-state index in [1.54, 1.807) is 72.8 Å². The summed E-state index contributed by atoms with van der Waals surface area (Å²) >= 11 is 11.9. The van der Waals surface area contributed by atoms with Gasteiger partial charge in [0.05, 0.1) is 30.5 Å². The van der Waals surface area contributed by atoms with E-state index in [1.165, 1.54) is 23.7 Å². The molecule has 1 heterocycles. The number of benzene rings is 3. The minimum atomic E-state index is -3.90. The molecule has 0 aliphatic heterocycles. The van der Waals surface area contributed by atoms with Crippen LogP contribution in [0.2, 0.25) is 10.0 Å². The molecule has 10 nitrogen and oxygen atoms in total. The molecule has 218 valence electrons. The Hall–Kier alpha value is -4.16. The van der Waals surface area contributed by atoms with E-state index in [9.17, 15) is 18.0 Å². The molecule has 2 N–H and O–H groups in total. The Morgan fingerprint density at radius 3 is 2.31 bits per heavy atom. The monoisotopic (exact) mass is 628 g/mol. The third kappa shape index (κ3) is 7.98. The van der Waals surface area contributed by atoms with Crippen LogP contribution in [0, 0.1) is 6.92 Å². The lowest BCUT2D eigenvalue weighted by Crippen LogP contribution is -2.32. The summed E-state index contributed by atoms with van der Waals surface area (Å²) < 4.78 is 39.3. The van der Waals surface area contributed by atoms with Crippen LogP contribution in [0.25, 0.3) is 0 Å². The molecule has 0 aliphatic rings. The minimum absolute atomic E-state index is 0.0695. The van der Waals surface area contributed by atoms with Crippen LogP contribution < -0.4 is 15.5 Å². The van der Waals surface area contributed by atoms with Crippen LogP contribution in [0.5, 0.6) is 5.75 Å². The Kier molecular flexibility index (Phi) is 10.0. The zero-order valence-electron chi connectivity index (χ0n) is 22.5. The number of carbonyl (C=O) groups is 2. The second-order valence-electron chi connectivity index (χ2n) is 9.01. The summed E-state index contributed by atoms with van der Waals surface area (Å²) in [5.74, 6) is -1.16. The number of amides is 2. The Balaban J connectivity index is 1.44. The maximum absolute atomic E-state index is 13.6. The molecule has 0 aliphatic carbocycles. The fourth-order valence-electron chi connectivity index (χ4n) is 3.76. The van der Waals surface area contributed by atoms with E-state index in [0.29, 0.717) is 21.6 Å². The highest BCUT2D eigenvalue weighted by molar-refractivity contribution is 7.89. The van der Waals surface area contributed by atoms with Gasteiger partial charge in [-0.25, -0.2) is 13.8 Å². The lowest BCUT2D eigenvalue weighted by Gasteiger charge is -2.21. The third-order valence-corrected chi connectivity index (χ3v) is 8.21. The molecule has 0 atom stereocenters. The summed E-state index contributed by atoms with van der Waals surface area (Å²) in [6.07, 6.45) is 1.19. The number of hydrazone groups is 1. The molecule has 0 fully saturated rings. The average molecular weight is 630 g/mol. The molecule has 13 heteroatoms. The molecule has 0 unspecified atom stereocenters. The summed E-state index contributed by atoms with van der Waals surface area (Å²) in [6.45, 7) is 1.86. The highest BCUT2D eigenvalue weighted by Crippen LogP contribution is 2.27. The highest BCUT2D eigenvalue weighted by atomic mass is 35.5. The van der Waals surface area contributed by atoms with Crippen LogP contribution in [0.1, 0.15) is 22.6 Å². The molecule has 0 radical (unpaired) electrons. The molecule has 1 aromatic heterocycles. The molecule has 42 heavy (non-hydrogen) atoms. The van der Waals surface area contributed by atoms with Gasteiger partial charge in [-0.3, -0.25) is 9.59 Å². The number of carbonyl (C=O) groups excluding carboxylic acids is 2. The van der Waals surface area contributed by atoms with Gasteiger partial charge in [0, 0.05) is 16.6 Å². The maximum Gasteiger partial charge on any atom is 0.329 e. The fraction of sp³-hybridized carbons (Fsp3) is 0.138. The predicted octanol–water partition coefficient (Wildman–Crippen LogP) is 5.38. The molecule has 0 saturated heterocycles. The van der Waals surface area contributed by atoms with Gasteiger partial charge in [0.15, 0.2) is 0 Å². The maximum atomic E-state index is 13.6. The van der Waals surface area contributed by atoms with Crippen molar-refractivity contribution >= 4 is 56.9 Å². The van der Waals surface area contributed by atoms with Crippen molar-refractivity contribution in [2.75, 3.05) is 12.4 Å². The summed E-state index contributed by atoms with van der Waals surface area (Å²) in [5, 5.41) is 7.04. The number of methoxy groups -OCH3 is 1. The normalized spacial score (nSPS) is 11.5. The van der Waals surface area contributed by atoms with E-state index < -0.39 is 21.8 Å². The van der Waals surface area contributed by atoms with Gasteiger partial charge in [-0.2, -0.15) is 9.41 Å². The smallest absolute Gasteiger partial charge is 0.329 e. The first kappa shape index (κ1) is 30.8. The summed E-state index contributed by atoms with van der Waals surface area (Å²) in [4.78, 5) is 24.6. The molecule has 4 aromatic rings. The number of rotatable bonds is 10. The summed E-state index contributed by atoms with van der Waals surface area (Å²) in [5.41, 5.74) is 3.99. The van der Waals surface area contributed by atoms with Gasteiger partial charge in [0.25, 0.3) is 0 Å². The van der Waals surface area contributed by atoms with E-state index in [0.717, 1.165) is 11.1 Å². The van der Waals surface area contributed by atoms with Crippen LogP contribution in [-0.2, 0) is 32.7 Å². The number of hydrogen-bond donors (Lipinski definition) is 2. The molecule has 3 aromatic carbocycles. The van der Waals surface area contributed by atoms with Gasteiger partial charge in [-0.1, -0.05) is 53.0 Å². The zero-order valence-corrected chi connectivity index (χ0v) is 24.8. The number of anilines is 1. The first-order valence-corrected chi connectivity index (χ1v) is 14.6. The Morgan fingerprint density at radius 2 is 1.62 bits per heavy atom. The highest BCUT2D eigenvalue weighted by Gasteiger charge is 2.26. The minimum Gasteiger partial charge on any atom is -0.495 e. The van der Waals surface area contributed by atoms with Crippen molar-refractivity contribution in [3.8, 4) is 5.75 Å². The number of halogens is 2. The van der Waals surface area contributed by atoms with E-state index >= 15 is 0 Å². The van der Waals surface area contributed by atoms with Crippen molar-refractivity contribution in [3.63, 3.8) is 0 Å². The van der Waals surface area contributed by atoms with Crippen LogP contribution in [0.3, 0.4) is 0 Å². The topological polar surface area (TPSA) is 130 Å². The van der Waals surface area contributed by atoms with E-state index in [4.69, 9.17) is 32.4 Å². The SMILES string of the molecule is COc1ccc(Cl)cc1NC(=O)C(=O)N/N=C/c1ccc(CN(Cc2ccc(Cl)cc2)S(=O)(=O)c2ccc(C)cc2)o1. The van der Waals surface area contributed by atoms with E-state index in [-0.39, 0.29) is 29.4 Å². The van der Waals surface area contributed by atoms with Gasteiger partial charge >= 0.3 is 11.8 Å². The standard InChI is InChI=1S/C29H26Cl2N4O6S/c1-19-3-12-25(13-4-19)42(38,39)35(17-20-5-7-21(30)8-6-20)18-24-11-10-23(41-24)16-32-34-29(37)28(36)33-26-15-22(31)9-14-27(26)40-2/h3-16H,17-18H2,1-2H3,(H,33,36)(H,34,37)/b32-16+. The lowest BCUT2D eigenvalue weighted by atomic mass is 10.2. The molecule has 2 amide bonds. The van der Waals surface area contributed by atoms with E-state index in [1.807, 2.05) is 6.92 Å². The van der Waals surface area contributed by atoms with Crippen molar-refractivity contribution in [1.29, 1.82) is 0 Å². The number of furan rings is 1. The number of nitrogens with zero attached hydrogens (tertiary/aromatic N) is 2. The van der Waals surface area contributed by atoms with Crippen molar-refractivity contribution in [3.05, 3.63) is 112 Å². The molecular formula is C29H26Cl2N4O6S.